The Bertz CT molecular complexity index is 597. The van der Waals surface area contributed by atoms with Crippen LogP contribution in [0, 0.1) is 6.92 Å². The van der Waals surface area contributed by atoms with Crippen molar-refractivity contribution in [1.29, 1.82) is 0 Å². The van der Waals surface area contributed by atoms with E-state index >= 15 is 0 Å². The number of methoxy groups -OCH3 is 1. The molecule has 1 aliphatic heterocycles. The lowest BCUT2D eigenvalue weighted by Gasteiger charge is -2.33. The molecular weight excluding hydrogens is 272 g/mol. The summed E-state index contributed by atoms with van der Waals surface area (Å²) in [5, 5.41) is 2.25. The molecular formula is C15H18N2O4. The molecule has 6 nitrogen and oxygen atoms in total. The van der Waals surface area contributed by atoms with Crippen LogP contribution in [-0.4, -0.2) is 42.3 Å². The number of amides is 3. The van der Waals surface area contributed by atoms with Crippen molar-refractivity contribution >= 4 is 17.7 Å². The van der Waals surface area contributed by atoms with Crippen molar-refractivity contribution < 1.29 is 19.1 Å². The lowest BCUT2D eigenvalue weighted by molar-refractivity contribution is -0.138. The van der Waals surface area contributed by atoms with E-state index < -0.39 is 17.9 Å². The van der Waals surface area contributed by atoms with Gasteiger partial charge in [-0.2, -0.15) is 0 Å². The molecule has 1 fully saturated rings. The number of carbonyl (C=O) groups excluding carboxylic acids is 3. The van der Waals surface area contributed by atoms with E-state index in [4.69, 9.17) is 4.74 Å². The van der Waals surface area contributed by atoms with Crippen molar-refractivity contribution in [1.82, 2.24) is 10.2 Å². The number of rotatable bonds is 3. The van der Waals surface area contributed by atoms with Gasteiger partial charge in [0.1, 0.15) is 18.3 Å². The van der Waals surface area contributed by atoms with Gasteiger partial charge in [-0.25, -0.2) is 0 Å². The van der Waals surface area contributed by atoms with Crippen molar-refractivity contribution in [3.05, 3.63) is 29.3 Å². The molecule has 0 spiro atoms. The first-order chi connectivity index (χ1) is 9.97. The zero-order valence-electron chi connectivity index (χ0n) is 12.3. The summed E-state index contributed by atoms with van der Waals surface area (Å²) in [7, 11) is 1.53. The van der Waals surface area contributed by atoms with Crippen LogP contribution in [-0.2, 0) is 9.59 Å². The Labute approximate surface area is 123 Å². The molecule has 1 unspecified atom stereocenters. The van der Waals surface area contributed by atoms with Crippen molar-refractivity contribution in [3.8, 4) is 5.75 Å². The lowest BCUT2D eigenvalue weighted by atomic mass is 10.1. The Morgan fingerprint density at radius 3 is 2.76 bits per heavy atom. The Balaban J connectivity index is 2.33. The molecule has 0 bridgehead atoms. The van der Waals surface area contributed by atoms with E-state index in [1.54, 1.807) is 25.1 Å². The number of ether oxygens (including phenoxy) is 1. The van der Waals surface area contributed by atoms with Gasteiger partial charge in [0.25, 0.3) is 5.91 Å². The molecule has 0 aliphatic carbocycles. The molecule has 112 valence electrons. The van der Waals surface area contributed by atoms with Crippen LogP contribution in [0.25, 0.3) is 0 Å². The molecule has 0 saturated carbocycles. The Kier molecular flexibility index (Phi) is 4.26. The highest BCUT2D eigenvalue weighted by Crippen LogP contribution is 2.21. The van der Waals surface area contributed by atoms with Crippen LogP contribution >= 0.6 is 0 Å². The lowest BCUT2D eigenvalue weighted by Crippen LogP contribution is -2.59. The van der Waals surface area contributed by atoms with Crippen LogP contribution in [0.15, 0.2) is 18.2 Å². The number of nitrogens with zero attached hydrogens (tertiary/aromatic N) is 1. The molecule has 0 radical (unpaired) electrons. The fourth-order valence-electron chi connectivity index (χ4n) is 2.40. The van der Waals surface area contributed by atoms with E-state index in [0.29, 0.717) is 17.7 Å². The smallest absolute Gasteiger partial charge is 0.255 e. The van der Waals surface area contributed by atoms with E-state index in [-0.39, 0.29) is 12.5 Å². The summed E-state index contributed by atoms with van der Waals surface area (Å²) in [6.45, 7) is 3.56. The van der Waals surface area contributed by atoms with Gasteiger partial charge < -0.3 is 9.64 Å². The number of imide groups is 1. The summed E-state index contributed by atoms with van der Waals surface area (Å²) in [5.74, 6) is -0.636. The van der Waals surface area contributed by atoms with Crippen molar-refractivity contribution in [2.24, 2.45) is 0 Å². The van der Waals surface area contributed by atoms with Gasteiger partial charge >= 0.3 is 0 Å². The summed E-state index contributed by atoms with van der Waals surface area (Å²) < 4.78 is 5.20. The summed E-state index contributed by atoms with van der Waals surface area (Å²) >= 11 is 0. The summed E-state index contributed by atoms with van der Waals surface area (Å²) in [6.07, 6.45) is 0.452. The zero-order chi connectivity index (χ0) is 15.6. The van der Waals surface area contributed by atoms with Gasteiger partial charge in [-0.3, -0.25) is 19.7 Å². The molecule has 6 heteroatoms. The van der Waals surface area contributed by atoms with Crippen LogP contribution in [0.5, 0.6) is 5.75 Å². The van der Waals surface area contributed by atoms with Gasteiger partial charge in [-0.05, 0) is 31.0 Å². The Morgan fingerprint density at radius 2 is 2.14 bits per heavy atom. The maximum absolute atomic E-state index is 12.6. The first-order valence-electron chi connectivity index (χ1n) is 6.77. The van der Waals surface area contributed by atoms with E-state index in [9.17, 15) is 14.4 Å². The van der Waals surface area contributed by atoms with Crippen LogP contribution in [0.3, 0.4) is 0 Å². The predicted molar refractivity (Wildman–Crippen MR) is 76.0 cm³/mol. The van der Waals surface area contributed by atoms with Crippen LogP contribution in [0.2, 0.25) is 0 Å². The predicted octanol–water partition coefficient (Wildman–Crippen LogP) is 0.881. The molecule has 1 aliphatic rings. The maximum Gasteiger partial charge on any atom is 0.255 e. The molecule has 21 heavy (non-hydrogen) atoms. The van der Waals surface area contributed by atoms with Gasteiger partial charge in [0, 0.05) is 5.56 Å². The van der Waals surface area contributed by atoms with Crippen LogP contribution < -0.4 is 10.1 Å². The fourth-order valence-corrected chi connectivity index (χ4v) is 2.40. The Hall–Kier alpha value is -2.37. The molecule has 0 aromatic heterocycles. The second kappa shape index (κ2) is 5.95. The third kappa shape index (κ3) is 2.89. The number of nitrogens with one attached hydrogen (secondary N) is 1. The number of hydrogen-bond donors (Lipinski definition) is 1. The minimum Gasteiger partial charge on any atom is -0.496 e. The molecule has 1 saturated heterocycles. The molecule has 3 amide bonds. The number of benzene rings is 1. The first kappa shape index (κ1) is 15.0. The SMILES string of the molecule is CCC1C(=O)NC(=O)CN1C(=O)c1ccc(C)c(OC)c1. The largest absolute Gasteiger partial charge is 0.496 e. The average molecular weight is 290 g/mol. The minimum atomic E-state index is -0.623. The quantitative estimate of drug-likeness (QED) is 0.839. The number of aryl methyl sites for hydroxylation is 1. The second-order valence-electron chi connectivity index (χ2n) is 4.95. The van der Waals surface area contributed by atoms with Crippen molar-refractivity contribution in [3.63, 3.8) is 0 Å². The fraction of sp³-hybridized carbons (Fsp3) is 0.400. The minimum absolute atomic E-state index is 0.112. The number of hydrogen-bond acceptors (Lipinski definition) is 4. The maximum atomic E-state index is 12.6. The van der Waals surface area contributed by atoms with E-state index in [1.165, 1.54) is 12.0 Å². The molecule has 1 aromatic carbocycles. The summed E-state index contributed by atoms with van der Waals surface area (Å²) in [6, 6.07) is 4.45. The molecule has 1 atom stereocenters. The normalized spacial score (nSPS) is 18.4. The van der Waals surface area contributed by atoms with Gasteiger partial charge in [-0.1, -0.05) is 13.0 Å². The molecule has 1 aromatic rings. The van der Waals surface area contributed by atoms with Gasteiger partial charge in [-0.15, -0.1) is 0 Å². The van der Waals surface area contributed by atoms with E-state index in [0.717, 1.165) is 5.56 Å². The monoisotopic (exact) mass is 290 g/mol. The average Bonchev–Trinajstić information content (AvgIpc) is 2.46. The van der Waals surface area contributed by atoms with E-state index in [1.807, 2.05) is 6.92 Å². The number of carbonyl (C=O) groups is 3. The highest BCUT2D eigenvalue weighted by Gasteiger charge is 2.35. The van der Waals surface area contributed by atoms with Crippen LogP contribution in [0.4, 0.5) is 0 Å². The van der Waals surface area contributed by atoms with Gasteiger partial charge in [0.15, 0.2) is 0 Å². The molecule has 1 heterocycles. The van der Waals surface area contributed by atoms with Gasteiger partial charge in [0.2, 0.25) is 11.8 Å². The topological polar surface area (TPSA) is 75.7 Å². The first-order valence-corrected chi connectivity index (χ1v) is 6.77. The summed E-state index contributed by atoms with van der Waals surface area (Å²) in [4.78, 5) is 37.2. The summed E-state index contributed by atoms with van der Waals surface area (Å²) in [5.41, 5.74) is 1.31. The highest BCUT2D eigenvalue weighted by atomic mass is 16.5. The van der Waals surface area contributed by atoms with Crippen molar-refractivity contribution in [2.75, 3.05) is 13.7 Å². The van der Waals surface area contributed by atoms with Crippen molar-refractivity contribution in [2.45, 2.75) is 26.3 Å². The van der Waals surface area contributed by atoms with Crippen LogP contribution in [0.1, 0.15) is 29.3 Å². The second-order valence-corrected chi connectivity index (χ2v) is 4.95. The Morgan fingerprint density at radius 1 is 1.43 bits per heavy atom. The third-order valence-corrected chi connectivity index (χ3v) is 3.56. The standard InChI is InChI=1S/C15H18N2O4/c1-4-11-14(19)16-13(18)8-17(11)15(20)10-6-5-9(2)12(7-10)21-3/h5-7,11H,4,8H2,1-3H3,(H,16,18,19). The third-order valence-electron chi connectivity index (χ3n) is 3.56. The molecule has 1 N–H and O–H groups in total. The molecule has 2 rings (SSSR count). The van der Waals surface area contributed by atoms with Gasteiger partial charge in [0.05, 0.1) is 7.11 Å². The van der Waals surface area contributed by atoms with E-state index in [2.05, 4.69) is 5.32 Å². The zero-order valence-corrected chi connectivity index (χ0v) is 12.3. The highest BCUT2D eigenvalue weighted by molar-refractivity contribution is 6.07. The number of piperazine rings is 1.